The van der Waals surface area contributed by atoms with E-state index in [-0.39, 0.29) is 5.97 Å². The summed E-state index contributed by atoms with van der Waals surface area (Å²) in [5.41, 5.74) is 7.49. The molecule has 4 heteroatoms. The van der Waals surface area contributed by atoms with E-state index in [0.717, 1.165) is 16.9 Å². The topological polar surface area (TPSA) is 61.5 Å². The predicted molar refractivity (Wildman–Crippen MR) is 94.7 cm³/mol. The predicted octanol–water partition coefficient (Wildman–Crippen LogP) is 3.48. The lowest BCUT2D eigenvalue weighted by Crippen LogP contribution is -2.38. The standard InChI is InChI=1S/C20H25NO3/c1-20(2,3)24-19(22)18(21)13-15-9-11-17(12-10-15)23-14-16-7-5-4-6-8-16/h4-12,18H,13-14,21H2,1-3H3/t18-/m0/s1. The first-order valence-corrected chi connectivity index (χ1v) is 8.07. The molecule has 0 unspecified atom stereocenters. The monoisotopic (exact) mass is 327 g/mol. The molecule has 0 saturated heterocycles. The molecule has 0 amide bonds. The highest BCUT2D eigenvalue weighted by Gasteiger charge is 2.22. The quantitative estimate of drug-likeness (QED) is 0.825. The van der Waals surface area contributed by atoms with E-state index in [1.807, 2.05) is 75.4 Å². The fourth-order valence-electron chi connectivity index (χ4n) is 2.18. The molecule has 2 aromatic carbocycles. The Labute approximate surface area is 143 Å². The van der Waals surface area contributed by atoms with E-state index in [0.29, 0.717) is 13.0 Å². The molecule has 24 heavy (non-hydrogen) atoms. The Morgan fingerprint density at radius 1 is 1.00 bits per heavy atom. The molecule has 1 atom stereocenters. The molecule has 2 rings (SSSR count). The molecule has 0 bridgehead atoms. The summed E-state index contributed by atoms with van der Waals surface area (Å²) < 4.78 is 11.0. The highest BCUT2D eigenvalue weighted by molar-refractivity contribution is 5.76. The molecule has 2 aromatic rings. The summed E-state index contributed by atoms with van der Waals surface area (Å²) in [5, 5.41) is 0. The molecular weight excluding hydrogens is 302 g/mol. The lowest BCUT2D eigenvalue weighted by molar-refractivity contribution is -0.156. The van der Waals surface area contributed by atoms with Crippen LogP contribution in [-0.4, -0.2) is 17.6 Å². The summed E-state index contributed by atoms with van der Waals surface area (Å²) in [5.74, 6) is 0.403. The van der Waals surface area contributed by atoms with Crippen molar-refractivity contribution in [2.75, 3.05) is 0 Å². The van der Waals surface area contributed by atoms with Gasteiger partial charge in [0.05, 0.1) is 0 Å². The van der Waals surface area contributed by atoms with Crippen molar-refractivity contribution in [3.63, 3.8) is 0 Å². The van der Waals surface area contributed by atoms with Gasteiger partial charge >= 0.3 is 5.97 Å². The maximum absolute atomic E-state index is 11.9. The van der Waals surface area contributed by atoms with Gasteiger partial charge in [0.25, 0.3) is 0 Å². The average molecular weight is 327 g/mol. The van der Waals surface area contributed by atoms with E-state index < -0.39 is 11.6 Å². The van der Waals surface area contributed by atoms with Crippen molar-refractivity contribution < 1.29 is 14.3 Å². The molecular formula is C20H25NO3. The molecule has 128 valence electrons. The second-order valence-corrected chi connectivity index (χ2v) is 6.76. The Morgan fingerprint density at radius 2 is 1.62 bits per heavy atom. The summed E-state index contributed by atoms with van der Waals surface area (Å²) in [6.45, 7) is 6.01. The third-order valence-electron chi connectivity index (χ3n) is 3.34. The molecule has 0 spiro atoms. The summed E-state index contributed by atoms with van der Waals surface area (Å²) in [6, 6.07) is 16.9. The maximum Gasteiger partial charge on any atom is 0.323 e. The molecule has 2 N–H and O–H groups in total. The Kier molecular flexibility index (Phi) is 5.99. The Bertz CT molecular complexity index is 645. The Hall–Kier alpha value is -2.33. The fourth-order valence-corrected chi connectivity index (χ4v) is 2.18. The first kappa shape index (κ1) is 18.0. The number of nitrogens with two attached hydrogens (primary N) is 1. The van der Waals surface area contributed by atoms with E-state index in [1.165, 1.54) is 0 Å². The van der Waals surface area contributed by atoms with Gasteiger partial charge in [-0.25, -0.2) is 0 Å². The largest absolute Gasteiger partial charge is 0.489 e. The minimum Gasteiger partial charge on any atom is -0.489 e. The first-order chi connectivity index (χ1) is 11.3. The fraction of sp³-hybridized carbons (Fsp3) is 0.350. The average Bonchev–Trinajstić information content (AvgIpc) is 2.53. The molecule has 0 aliphatic rings. The molecule has 0 saturated carbocycles. The minimum atomic E-state index is -0.666. The van der Waals surface area contributed by atoms with Crippen molar-refractivity contribution in [2.45, 2.75) is 45.4 Å². The van der Waals surface area contributed by atoms with Crippen molar-refractivity contribution in [3.8, 4) is 5.75 Å². The molecule has 4 nitrogen and oxygen atoms in total. The number of hydrogen-bond acceptors (Lipinski definition) is 4. The van der Waals surface area contributed by atoms with Gasteiger partial charge in [-0.15, -0.1) is 0 Å². The summed E-state index contributed by atoms with van der Waals surface area (Å²) in [7, 11) is 0. The van der Waals surface area contributed by atoms with Crippen LogP contribution >= 0.6 is 0 Å². The van der Waals surface area contributed by atoms with Crippen LogP contribution in [0.1, 0.15) is 31.9 Å². The van der Waals surface area contributed by atoms with Crippen molar-refractivity contribution in [3.05, 3.63) is 65.7 Å². The van der Waals surface area contributed by atoms with Gasteiger partial charge in [0.2, 0.25) is 0 Å². The van der Waals surface area contributed by atoms with Gasteiger partial charge in [0.1, 0.15) is 24.0 Å². The van der Waals surface area contributed by atoms with E-state index in [4.69, 9.17) is 15.2 Å². The number of benzene rings is 2. The van der Waals surface area contributed by atoms with Crippen LogP contribution in [0.5, 0.6) is 5.75 Å². The zero-order valence-corrected chi connectivity index (χ0v) is 14.5. The van der Waals surface area contributed by atoms with Gasteiger partial charge in [0, 0.05) is 0 Å². The second-order valence-electron chi connectivity index (χ2n) is 6.76. The van der Waals surface area contributed by atoms with Crippen LogP contribution in [0.2, 0.25) is 0 Å². The third kappa shape index (κ3) is 6.05. The van der Waals surface area contributed by atoms with Crippen molar-refractivity contribution in [1.82, 2.24) is 0 Å². The van der Waals surface area contributed by atoms with Crippen LogP contribution in [-0.2, 0) is 22.6 Å². The van der Waals surface area contributed by atoms with Crippen LogP contribution in [0.4, 0.5) is 0 Å². The van der Waals surface area contributed by atoms with Crippen molar-refractivity contribution in [1.29, 1.82) is 0 Å². The maximum atomic E-state index is 11.9. The van der Waals surface area contributed by atoms with Crippen LogP contribution in [0.3, 0.4) is 0 Å². The van der Waals surface area contributed by atoms with E-state index in [2.05, 4.69) is 0 Å². The summed E-state index contributed by atoms with van der Waals surface area (Å²) in [4.78, 5) is 11.9. The molecule has 0 aromatic heterocycles. The molecule has 0 fully saturated rings. The van der Waals surface area contributed by atoms with E-state index >= 15 is 0 Å². The highest BCUT2D eigenvalue weighted by Crippen LogP contribution is 2.16. The van der Waals surface area contributed by atoms with E-state index in [9.17, 15) is 4.79 Å². The van der Waals surface area contributed by atoms with Crippen LogP contribution < -0.4 is 10.5 Å². The van der Waals surface area contributed by atoms with Gasteiger partial charge in [-0.2, -0.15) is 0 Å². The van der Waals surface area contributed by atoms with Crippen LogP contribution in [0, 0.1) is 0 Å². The van der Waals surface area contributed by atoms with Crippen molar-refractivity contribution >= 4 is 5.97 Å². The molecule has 0 heterocycles. The molecule has 0 aliphatic carbocycles. The Morgan fingerprint density at radius 3 is 2.21 bits per heavy atom. The minimum absolute atomic E-state index is 0.382. The first-order valence-electron chi connectivity index (χ1n) is 8.07. The molecule has 0 aliphatic heterocycles. The second kappa shape index (κ2) is 7.97. The number of rotatable bonds is 6. The van der Waals surface area contributed by atoms with Crippen molar-refractivity contribution in [2.24, 2.45) is 5.73 Å². The number of carbonyl (C=O) groups is 1. The summed E-state index contributed by atoms with van der Waals surface area (Å²) in [6.07, 6.45) is 0.438. The van der Waals surface area contributed by atoms with Gasteiger partial charge in [-0.1, -0.05) is 42.5 Å². The van der Waals surface area contributed by atoms with Crippen LogP contribution in [0.25, 0.3) is 0 Å². The number of ether oxygens (including phenoxy) is 2. The normalized spacial score (nSPS) is 12.5. The SMILES string of the molecule is CC(C)(C)OC(=O)[C@@H](N)Cc1ccc(OCc2ccccc2)cc1. The lowest BCUT2D eigenvalue weighted by atomic mass is 10.1. The van der Waals surface area contributed by atoms with Crippen LogP contribution in [0.15, 0.2) is 54.6 Å². The highest BCUT2D eigenvalue weighted by atomic mass is 16.6. The number of hydrogen-bond donors (Lipinski definition) is 1. The third-order valence-corrected chi connectivity index (χ3v) is 3.34. The number of carbonyl (C=O) groups excluding carboxylic acids is 1. The zero-order valence-electron chi connectivity index (χ0n) is 14.5. The van der Waals surface area contributed by atoms with Gasteiger partial charge < -0.3 is 15.2 Å². The van der Waals surface area contributed by atoms with Gasteiger partial charge in [0.15, 0.2) is 0 Å². The smallest absolute Gasteiger partial charge is 0.323 e. The Balaban J connectivity index is 1.86. The van der Waals surface area contributed by atoms with E-state index in [1.54, 1.807) is 0 Å². The number of esters is 1. The zero-order chi connectivity index (χ0) is 17.6. The lowest BCUT2D eigenvalue weighted by Gasteiger charge is -2.22. The van der Waals surface area contributed by atoms with Gasteiger partial charge in [-0.05, 0) is 50.5 Å². The van der Waals surface area contributed by atoms with Gasteiger partial charge in [-0.3, -0.25) is 4.79 Å². The molecule has 0 radical (unpaired) electrons. The summed E-state index contributed by atoms with van der Waals surface area (Å²) >= 11 is 0.